The molecule has 0 radical (unpaired) electrons. The lowest BCUT2D eigenvalue weighted by Gasteiger charge is -2.23. The number of hydrogen-bond donors (Lipinski definition) is 1. The molecule has 4 heteroatoms. The molecule has 4 nitrogen and oxygen atoms in total. The van der Waals surface area contributed by atoms with Crippen LogP contribution in [-0.2, 0) is 6.54 Å². The minimum atomic E-state index is -0.0396. The Bertz CT molecular complexity index is 604. The van der Waals surface area contributed by atoms with Crippen molar-refractivity contribution < 1.29 is 0 Å². The molecule has 0 saturated carbocycles. The van der Waals surface area contributed by atoms with Crippen LogP contribution in [0.5, 0.6) is 0 Å². The summed E-state index contributed by atoms with van der Waals surface area (Å²) >= 11 is 0. The zero-order valence-electron chi connectivity index (χ0n) is 11.8. The molecule has 0 aliphatic heterocycles. The second-order valence-corrected chi connectivity index (χ2v) is 5.10. The van der Waals surface area contributed by atoms with E-state index < -0.39 is 0 Å². The number of rotatable bonds is 5. The van der Waals surface area contributed by atoms with Gasteiger partial charge in [-0.15, -0.1) is 0 Å². The molecule has 1 heterocycles. The van der Waals surface area contributed by atoms with Crippen molar-refractivity contribution in [2.75, 3.05) is 6.54 Å². The van der Waals surface area contributed by atoms with Crippen molar-refractivity contribution in [2.24, 2.45) is 5.92 Å². The van der Waals surface area contributed by atoms with Gasteiger partial charge < -0.3 is 9.88 Å². The number of fused-ring (bicyclic) bond motifs is 1. The van der Waals surface area contributed by atoms with Gasteiger partial charge in [-0.1, -0.05) is 32.9 Å². The summed E-state index contributed by atoms with van der Waals surface area (Å²) in [5.74, 6) is 0.471. The lowest BCUT2D eigenvalue weighted by molar-refractivity contribution is 0.362. The molecule has 1 aromatic heterocycles. The Morgan fingerprint density at radius 1 is 1.32 bits per heavy atom. The Labute approximate surface area is 113 Å². The van der Waals surface area contributed by atoms with Gasteiger partial charge in [-0.3, -0.25) is 4.79 Å². The maximum Gasteiger partial charge on any atom is 0.269 e. The molecule has 1 N–H and O–H groups in total. The summed E-state index contributed by atoms with van der Waals surface area (Å²) in [5, 5.41) is 3.44. The van der Waals surface area contributed by atoms with E-state index >= 15 is 0 Å². The first kappa shape index (κ1) is 13.7. The number of likely N-dealkylation sites (N-methyl/N-ethyl adjacent to an activating group) is 1. The Hall–Kier alpha value is -1.68. The molecular weight excluding hydrogens is 238 g/mol. The zero-order chi connectivity index (χ0) is 13.8. The third-order valence-corrected chi connectivity index (χ3v) is 3.40. The van der Waals surface area contributed by atoms with Crippen LogP contribution in [0.25, 0.3) is 11.0 Å². The van der Waals surface area contributed by atoms with Crippen molar-refractivity contribution in [1.29, 1.82) is 0 Å². The standard InChI is InChI=1S/C15H21N3O/c1-4-16-13(11(2)3)10-18-14-8-6-5-7-12(14)17-9-15(18)19/h5-9,11,13,16H,4,10H2,1-3H3. The van der Waals surface area contributed by atoms with Crippen LogP contribution in [0.15, 0.2) is 35.3 Å². The fraction of sp³-hybridized carbons (Fsp3) is 0.467. The number of benzene rings is 1. The third-order valence-electron chi connectivity index (χ3n) is 3.40. The van der Waals surface area contributed by atoms with Crippen molar-refractivity contribution in [2.45, 2.75) is 33.4 Å². The third kappa shape index (κ3) is 3.01. The van der Waals surface area contributed by atoms with Crippen molar-refractivity contribution in [3.05, 3.63) is 40.8 Å². The number of hydrogen-bond acceptors (Lipinski definition) is 3. The molecule has 2 aromatic rings. The molecule has 0 saturated heterocycles. The molecule has 1 aromatic carbocycles. The maximum absolute atomic E-state index is 12.1. The van der Waals surface area contributed by atoms with Crippen LogP contribution in [0.4, 0.5) is 0 Å². The molecule has 2 rings (SSSR count). The zero-order valence-corrected chi connectivity index (χ0v) is 11.8. The predicted octanol–water partition coefficient (Wildman–Crippen LogP) is 2.03. The highest BCUT2D eigenvalue weighted by Gasteiger charge is 2.14. The summed E-state index contributed by atoms with van der Waals surface area (Å²) < 4.78 is 1.82. The molecule has 0 amide bonds. The summed E-state index contributed by atoms with van der Waals surface area (Å²) in [7, 11) is 0. The Kier molecular flexibility index (Phi) is 4.32. The SMILES string of the molecule is CCNC(Cn1c(=O)cnc2ccccc21)C(C)C. The first-order valence-corrected chi connectivity index (χ1v) is 6.81. The van der Waals surface area contributed by atoms with Gasteiger partial charge in [-0.25, -0.2) is 4.98 Å². The van der Waals surface area contributed by atoms with Crippen LogP contribution in [0.3, 0.4) is 0 Å². The molecule has 102 valence electrons. The van der Waals surface area contributed by atoms with Gasteiger partial charge in [0.15, 0.2) is 0 Å². The fourth-order valence-corrected chi connectivity index (χ4v) is 2.27. The van der Waals surface area contributed by atoms with E-state index in [1.54, 1.807) is 0 Å². The topological polar surface area (TPSA) is 46.9 Å². The quantitative estimate of drug-likeness (QED) is 0.893. The van der Waals surface area contributed by atoms with E-state index in [1.807, 2.05) is 28.8 Å². The molecule has 0 aliphatic carbocycles. The van der Waals surface area contributed by atoms with Crippen LogP contribution in [0.1, 0.15) is 20.8 Å². The van der Waals surface area contributed by atoms with E-state index in [2.05, 4.69) is 31.1 Å². The molecule has 0 fully saturated rings. The Balaban J connectivity index is 2.43. The molecule has 1 unspecified atom stereocenters. The number of nitrogens with zero attached hydrogens (tertiary/aromatic N) is 2. The molecule has 0 bridgehead atoms. The van der Waals surface area contributed by atoms with Gasteiger partial charge in [-0.05, 0) is 24.6 Å². The van der Waals surface area contributed by atoms with E-state index in [-0.39, 0.29) is 11.6 Å². The van der Waals surface area contributed by atoms with E-state index in [4.69, 9.17) is 0 Å². The number of nitrogens with one attached hydrogen (secondary N) is 1. The smallest absolute Gasteiger partial charge is 0.269 e. The highest BCUT2D eigenvalue weighted by Crippen LogP contribution is 2.11. The average Bonchev–Trinajstić information content (AvgIpc) is 2.40. The molecule has 19 heavy (non-hydrogen) atoms. The maximum atomic E-state index is 12.1. The van der Waals surface area contributed by atoms with Gasteiger partial charge in [0.25, 0.3) is 5.56 Å². The molecule has 1 atom stereocenters. The molecule has 0 spiro atoms. The summed E-state index contributed by atoms with van der Waals surface area (Å²) in [6, 6.07) is 8.05. The van der Waals surface area contributed by atoms with E-state index in [9.17, 15) is 4.79 Å². The first-order chi connectivity index (χ1) is 9.13. The van der Waals surface area contributed by atoms with Crippen LogP contribution in [0.2, 0.25) is 0 Å². The van der Waals surface area contributed by atoms with Crippen LogP contribution in [-0.4, -0.2) is 22.1 Å². The van der Waals surface area contributed by atoms with Crippen LogP contribution >= 0.6 is 0 Å². The van der Waals surface area contributed by atoms with Crippen LogP contribution < -0.4 is 10.9 Å². The fourth-order valence-electron chi connectivity index (χ4n) is 2.27. The minimum absolute atomic E-state index is 0.0396. The Morgan fingerprint density at radius 2 is 2.05 bits per heavy atom. The summed E-state index contributed by atoms with van der Waals surface area (Å²) in [6.07, 6.45) is 1.41. The predicted molar refractivity (Wildman–Crippen MR) is 78.3 cm³/mol. The second-order valence-electron chi connectivity index (χ2n) is 5.10. The van der Waals surface area contributed by atoms with E-state index in [0.29, 0.717) is 12.5 Å². The van der Waals surface area contributed by atoms with Crippen molar-refractivity contribution in [3.8, 4) is 0 Å². The second kappa shape index (κ2) is 5.97. The number of aromatic nitrogens is 2. The van der Waals surface area contributed by atoms with Gasteiger partial charge in [-0.2, -0.15) is 0 Å². The summed E-state index contributed by atoms with van der Waals surface area (Å²) in [6.45, 7) is 8.00. The Morgan fingerprint density at radius 3 is 2.74 bits per heavy atom. The first-order valence-electron chi connectivity index (χ1n) is 6.81. The van der Waals surface area contributed by atoms with Crippen molar-refractivity contribution in [1.82, 2.24) is 14.9 Å². The van der Waals surface area contributed by atoms with Gasteiger partial charge in [0.1, 0.15) is 0 Å². The number of para-hydroxylation sites is 2. The van der Waals surface area contributed by atoms with Gasteiger partial charge in [0, 0.05) is 12.6 Å². The summed E-state index contributed by atoms with van der Waals surface area (Å²) in [5.41, 5.74) is 1.72. The van der Waals surface area contributed by atoms with E-state index in [1.165, 1.54) is 6.20 Å². The highest BCUT2D eigenvalue weighted by molar-refractivity contribution is 5.74. The van der Waals surface area contributed by atoms with Crippen molar-refractivity contribution in [3.63, 3.8) is 0 Å². The van der Waals surface area contributed by atoms with Crippen molar-refractivity contribution >= 4 is 11.0 Å². The monoisotopic (exact) mass is 259 g/mol. The molecule has 0 aliphatic rings. The minimum Gasteiger partial charge on any atom is -0.312 e. The summed E-state index contributed by atoms with van der Waals surface area (Å²) in [4.78, 5) is 16.3. The van der Waals surface area contributed by atoms with Gasteiger partial charge >= 0.3 is 0 Å². The van der Waals surface area contributed by atoms with E-state index in [0.717, 1.165) is 17.6 Å². The normalized spacial score (nSPS) is 13.1. The highest BCUT2D eigenvalue weighted by atomic mass is 16.1. The van der Waals surface area contributed by atoms with Gasteiger partial charge in [0.2, 0.25) is 0 Å². The van der Waals surface area contributed by atoms with Gasteiger partial charge in [0.05, 0.1) is 17.2 Å². The molecular formula is C15H21N3O. The largest absolute Gasteiger partial charge is 0.312 e. The lowest BCUT2D eigenvalue weighted by Crippen LogP contribution is -2.40. The van der Waals surface area contributed by atoms with Crippen LogP contribution in [0, 0.1) is 5.92 Å². The average molecular weight is 259 g/mol. The lowest BCUT2D eigenvalue weighted by atomic mass is 10.0.